The molecule has 0 saturated carbocycles. The molecule has 0 bridgehead atoms. The minimum absolute atomic E-state index is 0.0458. The molecule has 2 heterocycles. The molecule has 6 nitrogen and oxygen atoms in total. The first kappa shape index (κ1) is 19.2. The van der Waals surface area contributed by atoms with Gasteiger partial charge >= 0.3 is 6.16 Å². The van der Waals surface area contributed by atoms with Crippen molar-refractivity contribution in [3.8, 4) is 5.88 Å². The van der Waals surface area contributed by atoms with Crippen LogP contribution in [-0.4, -0.2) is 28.8 Å². The van der Waals surface area contributed by atoms with Crippen molar-refractivity contribution in [2.24, 2.45) is 0 Å². The van der Waals surface area contributed by atoms with Crippen molar-refractivity contribution in [1.82, 2.24) is 9.97 Å². The summed E-state index contributed by atoms with van der Waals surface area (Å²) in [6, 6.07) is 6.11. The number of rotatable bonds is 6. The molecule has 1 N–H and O–H groups in total. The van der Waals surface area contributed by atoms with Crippen LogP contribution < -0.4 is 4.74 Å². The number of nitrogens with one attached hydrogen (secondary N) is 1. The predicted octanol–water partition coefficient (Wildman–Crippen LogP) is 5.44. The maximum absolute atomic E-state index is 11.9. The number of hydrogen-bond acceptors (Lipinski definition) is 5. The zero-order chi connectivity index (χ0) is 19.6. The molecule has 144 valence electrons. The summed E-state index contributed by atoms with van der Waals surface area (Å²) in [5.74, 6) is 0.256. The lowest BCUT2D eigenvalue weighted by Gasteiger charge is -2.15. The highest BCUT2D eigenvalue weighted by Crippen LogP contribution is 2.36. The van der Waals surface area contributed by atoms with Crippen LogP contribution in [0.15, 0.2) is 24.4 Å². The van der Waals surface area contributed by atoms with Crippen molar-refractivity contribution in [3.05, 3.63) is 35.5 Å². The smallest absolute Gasteiger partial charge is 0.431 e. The second-order valence-electron chi connectivity index (χ2n) is 6.90. The fourth-order valence-corrected chi connectivity index (χ4v) is 3.23. The van der Waals surface area contributed by atoms with Crippen molar-refractivity contribution in [1.29, 1.82) is 0 Å². The number of hydrogen-bond donors (Lipinski definition) is 1. The number of aryl methyl sites for hydroxylation is 1. The molecule has 0 amide bonds. The van der Waals surface area contributed by atoms with Crippen LogP contribution in [-0.2, 0) is 9.47 Å². The molecule has 6 heteroatoms. The predicted molar refractivity (Wildman–Crippen MR) is 105 cm³/mol. The van der Waals surface area contributed by atoms with Gasteiger partial charge < -0.3 is 19.2 Å². The number of fused-ring (bicyclic) bond motifs is 3. The minimum Gasteiger partial charge on any atom is -0.431 e. The highest BCUT2D eigenvalue weighted by Gasteiger charge is 2.19. The van der Waals surface area contributed by atoms with Gasteiger partial charge in [-0.05, 0) is 45.7 Å². The Hall–Kier alpha value is -2.60. The van der Waals surface area contributed by atoms with E-state index in [2.05, 4.69) is 29.9 Å². The largest absolute Gasteiger partial charge is 0.515 e. The topological polar surface area (TPSA) is 73.4 Å². The van der Waals surface area contributed by atoms with Gasteiger partial charge in [0.1, 0.15) is 0 Å². The lowest BCUT2D eigenvalue weighted by molar-refractivity contribution is 0.0672. The number of carbonyl (C=O) groups excluding carboxylic acids is 1. The number of nitrogens with zero attached hydrogens (tertiary/aromatic N) is 1. The van der Waals surface area contributed by atoms with E-state index in [1.165, 1.54) is 0 Å². The van der Waals surface area contributed by atoms with Gasteiger partial charge in [0.25, 0.3) is 0 Å². The Morgan fingerprint density at radius 2 is 1.96 bits per heavy atom. The molecular formula is C21H26N2O4. The van der Waals surface area contributed by atoms with E-state index in [1.807, 2.05) is 19.1 Å². The van der Waals surface area contributed by atoms with Crippen LogP contribution in [0, 0.1) is 6.92 Å². The maximum atomic E-state index is 11.9. The summed E-state index contributed by atoms with van der Waals surface area (Å²) in [5.41, 5.74) is 3.77. The number of H-pyrrole nitrogens is 1. The first-order chi connectivity index (χ1) is 12.9. The van der Waals surface area contributed by atoms with Gasteiger partial charge in [0.05, 0.1) is 23.9 Å². The zero-order valence-electron chi connectivity index (χ0n) is 16.5. The van der Waals surface area contributed by atoms with Crippen LogP contribution >= 0.6 is 0 Å². The van der Waals surface area contributed by atoms with Crippen molar-refractivity contribution in [3.63, 3.8) is 0 Å². The summed E-state index contributed by atoms with van der Waals surface area (Å²) < 4.78 is 16.3. The third kappa shape index (κ3) is 3.90. The van der Waals surface area contributed by atoms with Crippen molar-refractivity contribution < 1.29 is 19.0 Å². The number of aromatic amines is 1. The van der Waals surface area contributed by atoms with Crippen LogP contribution in [0.2, 0.25) is 0 Å². The fourth-order valence-electron chi connectivity index (χ4n) is 3.23. The van der Waals surface area contributed by atoms with E-state index >= 15 is 0 Å². The Kier molecular flexibility index (Phi) is 5.65. The third-order valence-corrected chi connectivity index (χ3v) is 4.41. The third-order valence-electron chi connectivity index (χ3n) is 4.41. The second kappa shape index (κ2) is 7.96. The lowest BCUT2D eigenvalue weighted by atomic mass is 10.0. The van der Waals surface area contributed by atoms with Gasteiger partial charge in [0, 0.05) is 28.5 Å². The fraction of sp³-hybridized carbons (Fsp3) is 0.429. The number of ether oxygens (including phenoxy) is 3. The van der Waals surface area contributed by atoms with Gasteiger partial charge in [-0.3, -0.25) is 0 Å². The summed E-state index contributed by atoms with van der Waals surface area (Å²) in [5, 5.41) is 2.05. The molecule has 0 aliphatic heterocycles. The lowest BCUT2D eigenvalue weighted by Crippen LogP contribution is -2.16. The Morgan fingerprint density at radius 3 is 2.67 bits per heavy atom. The van der Waals surface area contributed by atoms with Crippen LogP contribution in [0.5, 0.6) is 5.88 Å². The standard InChI is InChI=1S/C21H26N2O4/c1-6-10-25-14(5)15-8-7-9-16-19(15)18-13(4)20(22-11-17(18)23-16)27-21(24)26-12(2)3/h7-9,11-12,14,23H,6,10H2,1-5H3. The summed E-state index contributed by atoms with van der Waals surface area (Å²) >= 11 is 0. The van der Waals surface area contributed by atoms with Gasteiger partial charge in [-0.15, -0.1) is 0 Å². The number of carbonyl (C=O) groups is 1. The highest BCUT2D eigenvalue weighted by atomic mass is 16.7. The Bertz CT molecular complexity index is 962. The molecule has 3 rings (SSSR count). The summed E-state index contributed by atoms with van der Waals surface area (Å²) in [6.45, 7) is 10.3. The molecule has 1 unspecified atom stereocenters. The first-order valence-corrected chi connectivity index (χ1v) is 9.32. The van der Waals surface area contributed by atoms with Gasteiger partial charge in [-0.2, -0.15) is 0 Å². The van der Waals surface area contributed by atoms with E-state index in [4.69, 9.17) is 14.2 Å². The molecule has 3 aromatic rings. The van der Waals surface area contributed by atoms with Gasteiger partial charge in [0.2, 0.25) is 5.88 Å². The summed E-state index contributed by atoms with van der Waals surface area (Å²) in [4.78, 5) is 19.6. The van der Waals surface area contributed by atoms with E-state index in [0.717, 1.165) is 39.4 Å². The summed E-state index contributed by atoms with van der Waals surface area (Å²) in [7, 11) is 0. The highest BCUT2D eigenvalue weighted by molar-refractivity contribution is 6.11. The van der Waals surface area contributed by atoms with E-state index in [-0.39, 0.29) is 18.1 Å². The zero-order valence-corrected chi connectivity index (χ0v) is 16.5. The Labute approximate surface area is 158 Å². The van der Waals surface area contributed by atoms with E-state index in [9.17, 15) is 4.79 Å². The average Bonchev–Trinajstić information content (AvgIpc) is 3.00. The van der Waals surface area contributed by atoms with Crippen LogP contribution in [0.4, 0.5) is 4.79 Å². The Morgan fingerprint density at radius 1 is 1.19 bits per heavy atom. The average molecular weight is 370 g/mol. The Balaban J connectivity index is 2.10. The molecule has 27 heavy (non-hydrogen) atoms. The number of aromatic nitrogens is 2. The molecule has 0 spiro atoms. The molecule has 2 aromatic heterocycles. The molecular weight excluding hydrogens is 344 g/mol. The SMILES string of the molecule is CCCOC(C)c1cccc2[nH]c3cnc(OC(=O)OC(C)C)c(C)c3c12. The van der Waals surface area contributed by atoms with Crippen LogP contribution in [0.3, 0.4) is 0 Å². The van der Waals surface area contributed by atoms with E-state index in [1.54, 1.807) is 20.0 Å². The minimum atomic E-state index is -0.750. The monoisotopic (exact) mass is 370 g/mol. The number of pyridine rings is 1. The van der Waals surface area contributed by atoms with Crippen molar-refractivity contribution in [2.45, 2.75) is 53.2 Å². The molecule has 0 aliphatic carbocycles. The molecule has 0 fully saturated rings. The van der Waals surface area contributed by atoms with Crippen LogP contribution in [0.1, 0.15) is 51.3 Å². The number of benzene rings is 1. The van der Waals surface area contributed by atoms with Crippen molar-refractivity contribution in [2.75, 3.05) is 6.61 Å². The van der Waals surface area contributed by atoms with Crippen molar-refractivity contribution >= 4 is 28.0 Å². The normalized spacial score (nSPS) is 12.7. The quantitative estimate of drug-likeness (QED) is 0.585. The second-order valence-corrected chi connectivity index (χ2v) is 6.90. The molecule has 0 saturated heterocycles. The molecule has 0 aliphatic rings. The molecule has 0 radical (unpaired) electrons. The van der Waals surface area contributed by atoms with Gasteiger partial charge in [0.15, 0.2) is 0 Å². The van der Waals surface area contributed by atoms with E-state index in [0.29, 0.717) is 6.61 Å². The molecule has 1 atom stereocenters. The molecule has 1 aromatic carbocycles. The maximum Gasteiger partial charge on any atom is 0.515 e. The van der Waals surface area contributed by atoms with Crippen LogP contribution in [0.25, 0.3) is 21.8 Å². The van der Waals surface area contributed by atoms with Gasteiger partial charge in [-0.25, -0.2) is 9.78 Å². The first-order valence-electron chi connectivity index (χ1n) is 9.32. The van der Waals surface area contributed by atoms with Gasteiger partial charge in [-0.1, -0.05) is 19.1 Å². The summed E-state index contributed by atoms with van der Waals surface area (Å²) in [6.07, 6.45) is 1.60. The van der Waals surface area contributed by atoms with E-state index < -0.39 is 6.16 Å².